The van der Waals surface area contributed by atoms with Crippen molar-refractivity contribution in [1.29, 1.82) is 0 Å². The van der Waals surface area contributed by atoms with Gasteiger partial charge < -0.3 is 5.11 Å². The van der Waals surface area contributed by atoms with Gasteiger partial charge in [-0.2, -0.15) is 0 Å². The molecule has 4 aromatic rings. The molecule has 0 amide bonds. The summed E-state index contributed by atoms with van der Waals surface area (Å²) >= 11 is -1.52. The van der Waals surface area contributed by atoms with E-state index in [2.05, 4.69) is 0 Å². The molecule has 180 valence electrons. The van der Waals surface area contributed by atoms with Crippen LogP contribution in [0, 0.1) is 0 Å². The summed E-state index contributed by atoms with van der Waals surface area (Å²) in [5.74, 6) is -0.971. The number of carboxylic acids is 1. The highest BCUT2D eigenvalue weighted by atomic mass is 32.2. The lowest BCUT2D eigenvalue weighted by molar-refractivity contribution is 0.0695. The quantitative estimate of drug-likeness (QED) is 0.284. The molecule has 0 spiro atoms. The van der Waals surface area contributed by atoms with E-state index in [0.717, 1.165) is 26.8 Å². The van der Waals surface area contributed by atoms with Crippen LogP contribution in [0.1, 0.15) is 21.5 Å². The molecule has 35 heavy (non-hydrogen) atoms. The molecule has 4 rings (SSSR count). The maximum atomic E-state index is 12.9. The Morgan fingerprint density at radius 2 is 1.51 bits per heavy atom. The molecule has 7 nitrogen and oxygen atoms in total. The van der Waals surface area contributed by atoms with Crippen LogP contribution in [0.4, 0.5) is 10.7 Å². The van der Waals surface area contributed by atoms with E-state index in [1.54, 1.807) is 66.7 Å². The van der Waals surface area contributed by atoms with E-state index in [4.69, 9.17) is 0 Å². The summed E-state index contributed by atoms with van der Waals surface area (Å²) in [4.78, 5) is 11.6. The molecule has 1 unspecified atom stereocenters. The Morgan fingerprint density at radius 3 is 2.17 bits per heavy atom. The molecule has 3 aromatic carbocycles. The molecular weight excluding hydrogens is 506 g/mol. The first kappa shape index (κ1) is 24.8. The highest BCUT2D eigenvalue weighted by Crippen LogP contribution is 2.37. The number of carbonyl (C=O) groups is 1. The van der Waals surface area contributed by atoms with E-state index in [0.29, 0.717) is 23.5 Å². The van der Waals surface area contributed by atoms with Crippen molar-refractivity contribution in [3.63, 3.8) is 0 Å². The largest absolute Gasteiger partial charge is 0.478 e. The van der Waals surface area contributed by atoms with Gasteiger partial charge in [-0.25, -0.2) is 21.7 Å². The second-order valence-corrected chi connectivity index (χ2v) is 11.6. The molecule has 1 atom stereocenters. The van der Waals surface area contributed by atoms with E-state index in [9.17, 15) is 27.1 Å². The minimum atomic E-state index is -3.74. The van der Waals surface area contributed by atoms with Crippen LogP contribution < -0.4 is 4.31 Å². The Hall–Kier alpha value is -3.31. The molecule has 0 aliphatic rings. The van der Waals surface area contributed by atoms with E-state index in [-0.39, 0.29) is 14.7 Å². The molecule has 0 aliphatic heterocycles. The fraction of sp³-hybridized carbons (Fsp3) is 0.0800. The number of carboxylic acid groups (broad SMARTS) is 1. The van der Waals surface area contributed by atoms with Crippen molar-refractivity contribution >= 4 is 49.1 Å². The van der Waals surface area contributed by atoms with Crippen LogP contribution in [0.5, 0.6) is 0 Å². The zero-order valence-electron chi connectivity index (χ0n) is 18.3. The minimum Gasteiger partial charge on any atom is -0.478 e. The smallest absolute Gasteiger partial charge is 0.335 e. The van der Waals surface area contributed by atoms with Crippen LogP contribution >= 0.6 is 11.3 Å². The molecule has 1 aromatic heterocycles. The first-order valence-electron chi connectivity index (χ1n) is 10.5. The van der Waals surface area contributed by atoms with Gasteiger partial charge in [0.2, 0.25) is 9.84 Å². The maximum Gasteiger partial charge on any atom is 0.335 e. The van der Waals surface area contributed by atoms with Crippen molar-refractivity contribution in [3.05, 3.63) is 108 Å². The lowest BCUT2D eigenvalue weighted by atomic mass is 10.00. The summed E-state index contributed by atoms with van der Waals surface area (Å²) in [7, 11) is -3.74. The van der Waals surface area contributed by atoms with Crippen molar-refractivity contribution in [3.8, 4) is 0 Å². The lowest BCUT2D eigenvalue weighted by Gasteiger charge is -2.18. The number of thiophene rings is 1. The molecule has 0 saturated carbocycles. The van der Waals surface area contributed by atoms with Crippen LogP contribution in [0.2, 0.25) is 0 Å². The molecule has 0 bridgehead atoms. The van der Waals surface area contributed by atoms with Crippen LogP contribution in [0.15, 0.2) is 100 Å². The summed E-state index contributed by atoms with van der Waals surface area (Å²) in [6, 6.07) is 24.7. The number of anilines is 2. The monoisotopic (exact) mass is 527 g/mol. The Morgan fingerprint density at radius 1 is 0.857 bits per heavy atom. The van der Waals surface area contributed by atoms with Gasteiger partial charge in [-0.05, 0) is 66.4 Å². The van der Waals surface area contributed by atoms with Crippen molar-refractivity contribution in [1.82, 2.24) is 0 Å². The minimum absolute atomic E-state index is 0.0721. The highest BCUT2D eigenvalue weighted by molar-refractivity contribution is 7.93. The van der Waals surface area contributed by atoms with Crippen LogP contribution in [0.25, 0.3) is 0 Å². The number of rotatable bonds is 9. The van der Waals surface area contributed by atoms with Gasteiger partial charge in [0.15, 0.2) is 0 Å². The third kappa shape index (κ3) is 5.51. The first-order chi connectivity index (χ1) is 16.8. The van der Waals surface area contributed by atoms with Crippen molar-refractivity contribution in [2.75, 3.05) is 4.31 Å². The highest BCUT2D eigenvalue weighted by Gasteiger charge is 2.24. The summed E-state index contributed by atoms with van der Waals surface area (Å²) in [6.45, 7) is 0. The second kappa shape index (κ2) is 10.5. The van der Waals surface area contributed by atoms with Gasteiger partial charge in [0.1, 0.15) is 9.21 Å². The van der Waals surface area contributed by atoms with Crippen molar-refractivity contribution in [2.24, 2.45) is 0 Å². The zero-order valence-corrected chi connectivity index (χ0v) is 20.7. The number of hydrogen-bond donors (Lipinski definition) is 2. The van der Waals surface area contributed by atoms with E-state index < -0.39 is 27.1 Å². The summed E-state index contributed by atoms with van der Waals surface area (Å²) in [5, 5.41) is 9.65. The predicted molar refractivity (Wildman–Crippen MR) is 136 cm³/mol. The molecule has 2 N–H and O–H groups in total. The number of aryl methyl sites for hydroxylation is 2. The number of sulfone groups is 1. The standard InChI is InChI=1S/C25H21NO6S3/c27-25(28)22-9-5-4-6-19(22)13-10-18-11-14-20(15-12-18)26(34(29)30)23-16-17-24(33-23)35(31,32)21-7-2-1-3-8-21/h1-9,11-12,14-17H,10,13H2,(H,27,28)(H,29,30). The van der Waals surface area contributed by atoms with Gasteiger partial charge >= 0.3 is 5.97 Å². The third-order valence-corrected chi connectivity index (χ3v) is 9.51. The Kier molecular flexibility index (Phi) is 7.46. The summed E-state index contributed by atoms with van der Waals surface area (Å²) in [5.41, 5.74) is 2.35. The topological polar surface area (TPSA) is 112 Å². The average Bonchev–Trinajstić information content (AvgIpc) is 3.34. The second-order valence-electron chi connectivity index (χ2n) is 7.56. The van der Waals surface area contributed by atoms with E-state index in [1.807, 2.05) is 0 Å². The van der Waals surface area contributed by atoms with Gasteiger partial charge in [-0.15, -0.1) is 11.3 Å². The van der Waals surface area contributed by atoms with Crippen molar-refractivity contribution < 1.29 is 27.1 Å². The first-order valence-corrected chi connectivity index (χ1v) is 13.8. The van der Waals surface area contributed by atoms with E-state index in [1.165, 1.54) is 24.3 Å². The van der Waals surface area contributed by atoms with Gasteiger partial charge in [0.05, 0.1) is 16.1 Å². The molecule has 0 aliphatic carbocycles. The third-order valence-electron chi connectivity index (χ3n) is 5.34. The SMILES string of the molecule is O=C(O)c1ccccc1CCc1ccc(N(c2ccc(S(=O)(=O)c3ccccc3)s2)S(=O)O)cc1. The molecule has 10 heteroatoms. The normalized spacial score (nSPS) is 12.3. The van der Waals surface area contributed by atoms with E-state index >= 15 is 0 Å². The molecule has 0 fully saturated rings. The molecular formula is C25H21NO6S3. The Balaban J connectivity index is 1.54. The summed E-state index contributed by atoms with van der Waals surface area (Å²) in [6.07, 6.45) is 1.12. The van der Waals surface area contributed by atoms with Crippen LogP contribution in [-0.2, 0) is 33.9 Å². The molecule has 0 radical (unpaired) electrons. The fourth-order valence-corrected chi connectivity index (χ4v) is 7.06. The maximum absolute atomic E-state index is 12.9. The van der Waals surface area contributed by atoms with Gasteiger partial charge in [-0.1, -0.05) is 48.5 Å². The summed E-state index contributed by atoms with van der Waals surface area (Å²) < 4.78 is 49.1. The Labute approximate surface area is 209 Å². The van der Waals surface area contributed by atoms with Crippen LogP contribution in [-0.4, -0.2) is 28.3 Å². The Bertz CT molecular complexity index is 1460. The van der Waals surface area contributed by atoms with Gasteiger partial charge in [0.25, 0.3) is 11.3 Å². The van der Waals surface area contributed by atoms with Gasteiger partial charge in [0, 0.05) is 0 Å². The van der Waals surface area contributed by atoms with Gasteiger partial charge in [-0.3, -0.25) is 4.55 Å². The lowest BCUT2D eigenvalue weighted by Crippen LogP contribution is -2.18. The molecule has 1 heterocycles. The molecule has 0 saturated heterocycles. The average molecular weight is 528 g/mol. The fourth-order valence-electron chi connectivity index (χ4n) is 3.60. The van der Waals surface area contributed by atoms with Crippen molar-refractivity contribution in [2.45, 2.75) is 21.9 Å². The number of nitrogens with zero attached hydrogens (tertiary/aromatic N) is 1. The predicted octanol–water partition coefficient (Wildman–Crippen LogP) is 5.34. The number of hydrogen-bond acceptors (Lipinski definition) is 5. The number of benzene rings is 3. The number of aromatic carboxylic acids is 1. The van der Waals surface area contributed by atoms with Crippen LogP contribution in [0.3, 0.4) is 0 Å². The zero-order chi connectivity index (χ0) is 25.0.